The largest absolute Gasteiger partial charge is 0.367 e. The molecule has 0 radical (unpaired) electrons. The quantitative estimate of drug-likeness (QED) is 0.393. The molecular weight excluding hydrogens is 249 g/mol. The van der Waals surface area contributed by atoms with E-state index in [0.29, 0.717) is 6.54 Å². The summed E-state index contributed by atoms with van der Waals surface area (Å²) < 4.78 is 15.4. The van der Waals surface area contributed by atoms with Gasteiger partial charge in [0.2, 0.25) is 5.95 Å². The van der Waals surface area contributed by atoms with Crippen molar-refractivity contribution in [1.29, 1.82) is 0 Å². The third-order valence-electron chi connectivity index (χ3n) is 2.57. The first-order valence-electron chi connectivity index (χ1n) is 5.98. The fourth-order valence-electron chi connectivity index (χ4n) is 1.61. The highest BCUT2D eigenvalue weighted by Crippen LogP contribution is 2.11. The number of imidazole rings is 1. The minimum absolute atomic E-state index is 0.158. The Morgan fingerprint density at radius 1 is 1.37 bits per heavy atom. The van der Waals surface area contributed by atoms with E-state index in [0.717, 1.165) is 25.6 Å². The Balaban J connectivity index is 1.73. The molecule has 2 heterocycles. The Kier molecular flexibility index (Phi) is 4.62. The Labute approximate surface area is 110 Å². The van der Waals surface area contributed by atoms with Gasteiger partial charge in [-0.05, 0) is 12.8 Å². The highest BCUT2D eigenvalue weighted by atomic mass is 19.1. The van der Waals surface area contributed by atoms with Crippen molar-refractivity contribution in [2.45, 2.75) is 19.4 Å². The Bertz CT molecular complexity index is 500. The maximum Gasteiger partial charge on any atom is 0.239 e. The number of hydrogen-bond donors (Lipinski definition) is 3. The Hall–Kier alpha value is -2.22. The standard InChI is InChI=1S/C11H16FN7/c12-9-7-16-11(18-13)17-10(9)15-3-1-2-5-19-6-4-14-8-19/h4,6-8H,1-3,5,13H2,(H2,15,16,17,18). The molecule has 0 aromatic carbocycles. The molecule has 0 amide bonds. The lowest BCUT2D eigenvalue weighted by Gasteiger charge is -2.07. The number of anilines is 2. The number of nitrogens with two attached hydrogens (primary N) is 1. The van der Waals surface area contributed by atoms with Crippen molar-refractivity contribution < 1.29 is 4.39 Å². The number of hydrogen-bond acceptors (Lipinski definition) is 6. The number of hydrazine groups is 1. The predicted octanol–water partition coefficient (Wildman–Crippen LogP) is 0.990. The van der Waals surface area contributed by atoms with Gasteiger partial charge in [-0.3, -0.25) is 5.43 Å². The molecule has 0 aliphatic rings. The summed E-state index contributed by atoms with van der Waals surface area (Å²) in [6.07, 6.45) is 8.38. The van der Waals surface area contributed by atoms with E-state index in [9.17, 15) is 4.39 Å². The van der Waals surface area contributed by atoms with Crippen molar-refractivity contribution in [2.24, 2.45) is 5.84 Å². The fraction of sp³-hybridized carbons (Fsp3) is 0.364. The van der Waals surface area contributed by atoms with Crippen LogP contribution in [0.15, 0.2) is 24.9 Å². The average Bonchev–Trinajstić information content (AvgIpc) is 2.93. The summed E-state index contributed by atoms with van der Waals surface area (Å²) in [6, 6.07) is 0. The lowest BCUT2D eigenvalue weighted by atomic mass is 10.3. The van der Waals surface area contributed by atoms with Gasteiger partial charge in [0, 0.05) is 25.5 Å². The maximum atomic E-state index is 13.4. The second-order valence-electron chi connectivity index (χ2n) is 3.97. The fourth-order valence-corrected chi connectivity index (χ4v) is 1.61. The molecule has 0 saturated carbocycles. The van der Waals surface area contributed by atoms with Crippen molar-refractivity contribution in [1.82, 2.24) is 19.5 Å². The van der Waals surface area contributed by atoms with Crippen LogP contribution in [0.4, 0.5) is 16.2 Å². The molecule has 0 atom stereocenters. The van der Waals surface area contributed by atoms with E-state index in [-0.39, 0.29) is 11.8 Å². The van der Waals surface area contributed by atoms with Crippen molar-refractivity contribution in [3.05, 3.63) is 30.7 Å². The van der Waals surface area contributed by atoms with E-state index in [2.05, 4.69) is 25.7 Å². The van der Waals surface area contributed by atoms with E-state index < -0.39 is 5.82 Å². The number of aryl methyl sites for hydroxylation is 1. The summed E-state index contributed by atoms with van der Waals surface area (Å²) in [5.41, 5.74) is 2.28. The van der Waals surface area contributed by atoms with Crippen LogP contribution >= 0.6 is 0 Å². The van der Waals surface area contributed by atoms with Gasteiger partial charge in [-0.2, -0.15) is 4.98 Å². The number of nitrogens with zero attached hydrogens (tertiary/aromatic N) is 4. The Morgan fingerprint density at radius 3 is 3.00 bits per heavy atom. The van der Waals surface area contributed by atoms with Gasteiger partial charge in [0.25, 0.3) is 0 Å². The van der Waals surface area contributed by atoms with Crippen LogP contribution in [-0.2, 0) is 6.54 Å². The first-order chi connectivity index (χ1) is 9.29. The highest BCUT2D eigenvalue weighted by molar-refractivity contribution is 5.40. The minimum Gasteiger partial charge on any atom is -0.367 e. The van der Waals surface area contributed by atoms with Crippen LogP contribution in [0.2, 0.25) is 0 Å². The molecule has 0 aliphatic heterocycles. The van der Waals surface area contributed by atoms with Gasteiger partial charge in [-0.25, -0.2) is 20.2 Å². The van der Waals surface area contributed by atoms with Crippen LogP contribution < -0.4 is 16.6 Å². The molecule has 102 valence electrons. The topological polar surface area (TPSA) is 93.7 Å². The summed E-state index contributed by atoms with van der Waals surface area (Å²) >= 11 is 0. The molecule has 8 heteroatoms. The van der Waals surface area contributed by atoms with Gasteiger partial charge in [0.05, 0.1) is 12.5 Å². The number of unbranched alkanes of at least 4 members (excludes halogenated alkanes) is 1. The Morgan fingerprint density at radius 2 is 2.26 bits per heavy atom. The van der Waals surface area contributed by atoms with Crippen LogP contribution in [0, 0.1) is 5.82 Å². The first kappa shape index (κ1) is 13.2. The molecule has 2 rings (SSSR count). The van der Waals surface area contributed by atoms with Crippen LogP contribution in [0.3, 0.4) is 0 Å². The molecule has 2 aromatic heterocycles. The summed E-state index contributed by atoms with van der Waals surface area (Å²) in [7, 11) is 0. The molecule has 0 aliphatic carbocycles. The first-order valence-corrected chi connectivity index (χ1v) is 5.98. The molecule has 2 aromatic rings. The molecule has 0 saturated heterocycles. The summed E-state index contributed by atoms with van der Waals surface area (Å²) in [6.45, 7) is 1.52. The normalized spacial score (nSPS) is 10.4. The van der Waals surface area contributed by atoms with Gasteiger partial charge >= 0.3 is 0 Å². The molecule has 4 N–H and O–H groups in total. The molecular formula is C11H16FN7. The molecule has 0 bridgehead atoms. The molecule has 19 heavy (non-hydrogen) atoms. The van der Waals surface area contributed by atoms with Crippen molar-refractivity contribution in [2.75, 3.05) is 17.3 Å². The monoisotopic (exact) mass is 265 g/mol. The minimum atomic E-state index is -0.492. The highest BCUT2D eigenvalue weighted by Gasteiger charge is 2.05. The van der Waals surface area contributed by atoms with Gasteiger partial charge < -0.3 is 9.88 Å². The second kappa shape index (κ2) is 6.64. The summed E-state index contributed by atoms with van der Waals surface area (Å²) in [4.78, 5) is 11.5. The zero-order valence-electron chi connectivity index (χ0n) is 10.4. The number of halogens is 1. The molecule has 0 spiro atoms. The number of aromatic nitrogens is 4. The number of nitrogen functional groups attached to an aromatic ring is 1. The van der Waals surface area contributed by atoms with Crippen LogP contribution in [0.5, 0.6) is 0 Å². The van der Waals surface area contributed by atoms with E-state index in [1.165, 1.54) is 0 Å². The number of rotatable bonds is 7. The third kappa shape index (κ3) is 3.88. The zero-order chi connectivity index (χ0) is 13.5. The zero-order valence-corrected chi connectivity index (χ0v) is 10.4. The lowest BCUT2D eigenvalue weighted by molar-refractivity contribution is 0.606. The molecule has 7 nitrogen and oxygen atoms in total. The second-order valence-corrected chi connectivity index (χ2v) is 3.97. The van der Waals surface area contributed by atoms with E-state index in [1.54, 1.807) is 12.5 Å². The van der Waals surface area contributed by atoms with Gasteiger partial charge in [-0.15, -0.1) is 0 Å². The van der Waals surface area contributed by atoms with Crippen molar-refractivity contribution in [3.63, 3.8) is 0 Å². The van der Waals surface area contributed by atoms with Crippen molar-refractivity contribution in [3.8, 4) is 0 Å². The third-order valence-corrected chi connectivity index (χ3v) is 2.57. The van der Waals surface area contributed by atoms with Crippen LogP contribution in [-0.4, -0.2) is 26.1 Å². The predicted molar refractivity (Wildman–Crippen MR) is 69.8 cm³/mol. The smallest absolute Gasteiger partial charge is 0.239 e. The van der Waals surface area contributed by atoms with E-state index in [4.69, 9.17) is 5.84 Å². The summed E-state index contributed by atoms with van der Waals surface area (Å²) in [5, 5.41) is 2.92. The summed E-state index contributed by atoms with van der Waals surface area (Å²) in [5.74, 6) is 5.01. The van der Waals surface area contributed by atoms with E-state index >= 15 is 0 Å². The SMILES string of the molecule is NNc1ncc(F)c(NCCCCn2ccnc2)n1. The lowest BCUT2D eigenvalue weighted by Crippen LogP contribution is -2.13. The number of nitrogens with one attached hydrogen (secondary N) is 2. The van der Waals surface area contributed by atoms with Crippen molar-refractivity contribution >= 4 is 11.8 Å². The molecule has 0 unspecified atom stereocenters. The van der Waals surface area contributed by atoms with Crippen LogP contribution in [0.1, 0.15) is 12.8 Å². The van der Waals surface area contributed by atoms with Gasteiger partial charge in [-0.1, -0.05) is 0 Å². The van der Waals surface area contributed by atoms with E-state index in [1.807, 2.05) is 10.8 Å². The average molecular weight is 265 g/mol. The van der Waals surface area contributed by atoms with Crippen LogP contribution in [0.25, 0.3) is 0 Å². The maximum absolute atomic E-state index is 13.4. The van der Waals surface area contributed by atoms with Gasteiger partial charge in [0.15, 0.2) is 11.6 Å². The molecule has 0 fully saturated rings. The van der Waals surface area contributed by atoms with Gasteiger partial charge in [0.1, 0.15) is 0 Å².